The van der Waals surface area contributed by atoms with Crippen molar-refractivity contribution in [2.24, 2.45) is 0 Å². The van der Waals surface area contributed by atoms with Gasteiger partial charge in [0, 0.05) is 157 Å². The van der Waals surface area contributed by atoms with Crippen LogP contribution in [-0.4, -0.2) is 256 Å². The highest BCUT2D eigenvalue weighted by molar-refractivity contribution is 6.02. The highest BCUT2D eigenvalue weighted by Gasteiger charge is 2.35. The van der Waals surface area contributed by atoms with Gasteiger partial charge in [-0.25, -0.2) is 14.4 Å². The summed E-state index contributed by atoms with van der Waals surface area (Å²) in [6.45, 7) is 4.85. The van der Waals surface area contributed by atoms with E-state index in [0.29, 0.717) is 158 Å². The van der Waals surface area contributed by atoms with E-state index in [1.54, 1.807) is 0 Å². The fourth-order valence-corrected chi connectivity index (χ4v) is 7.39. The molecular formula is C59H107N3O28. The molecule has 3 aliphatic rings. The fraction of sp³-hybridized carbons (Fsp3) is 0.831. The number of unbranched alkanes of at least 4 members (excludes halogenated alkanes) is 4. The Morgan fingerprint density at radius 3 is 0.944 bits per heavy atom. The quantitative estimate of drug-likeness (QED) is 0.0290. The van der Waals surface area contributed by atoms with Crippen LogP contribution >= 0.6 is 0 Å². The van der Waals surface area contributed by atoms with E-state index in [-0.39, 0.29) is 158 Å². The third-order valence-corrected chi connectivity index (χ3v) is 12.0. The lowest BCUT2D eigenvalue weighted by Gasteiger charge is -2.18. The highest BCUT2D eigenvalue weighted by atomic mass is 16.8. The number of imide groups is 3. The average Bonchev–Trinajstić information content (AvgIpc) is 2.33. The average molecular weight is 1310 g/mol. The van der Waals surface area contributed by atoms with Gasteiger partial charge in [0.1, 0.15) is 30.7 Å². The molecule has 0 aromatic rings. The monoisotopic (exact) mass is 1310 g/mol. The first kappa shape index (κ1) is 88.9. The number of carbonyl (C=O) groups is 10. The van der Waals surface area contributed by atoms with Crippen LogP contribution in [-0.2, 0) is 100 Å². The number of Topliss-reactive ketones (excluding diaryl/α,β-unsaturated/α-hetero) is 1. The van der Waals surface area contributed by atoms with Gasteiger partial charge in [-0.2, -0.15) is 0 Å². The molecule has 3 saturated heterocycles. The third kappa shape index (κ3) is 45.9. The normalized spacial score (nSPS) is 14.6. The molecule has 3 rings (SSSR count). The van der Waals surface area contributed by atoms with E-state index >= 15 is 0 Å². The minimum absolute atomic E-state index is 0. The van der Waals surface area contributed by atoms with Gasteiger partial charge in [0.2, 0.25) is 0 Å². The molecule has 526 valence electrons. The van der Waals surface area contributed by atoms with Gasteiger partial charge in [0.15, 0.2) is 0 Å². The number of hydroxylamine groups is 6. The van der Waals surface area contributed by atoms with Crippen molar-refractivity contribution in [1.29, 1.82) is 0 Å². The van der Waals surface area contributed by atoms with Gasteiger partial charge in [-0.15, -0.1) is 10.1 Å². The molecule has 31 nitrogen and oxygen atoms in total. The summed E-state index contributed by atoms with van der Waals surface area (Å²) in [6.07, 6.45) is 6.56. The summed E-state index contributed by atoms with van der Waals surface area (Å²) in [4.78, 5) is 129. The summed E-state index contributed by atoms with van der Waals surface area (Å²) < 4.78 is 48.9. The van der Waals surface area contributed by atoms with Crippen LogP contribution in [0.25, 0.3) is 0 Å². The molecule has 90 heavy (non-hydrogen) atoms. The van der Waals surface area contributed by atoms with E-state index in [9.17, 15) is 47.9 Å². The smallest absolute Gasteiger partial charge is 0.430 e. The molecule has 0 radical (unpaired) electrons. The minimum Gasteiger partial charge on any atom is -0.430 e. The number of ketones is 1. The van der Waals surface area contributed by atoms with Gasteiger partial charge in [-0.05, 0) is 70.6 Å². The first-order valence-corrected chi connectivity index (χ1v) is 29.9. The Labute approximate surface area is 529 Å². The number of rotatable bonds is 52. The predicted molar refractivity (Wildman–Crippen MR) is 317 cm³/mol. The molecule has 0 aliphatic carbocycles. The minimum atomic E-state index is -1.19. The van der Waals surface area contributed by atoms with Crippen LogP contribution < -0.4 is 0 Å². The number of amides is 6. The second-order valence-electron chi connectivity index (χ2n) is 19.7. The van der Waals surface area contributed by atoms with Crippen molar-refractivity contribution in [2.45, 2.75) is 188 Å². The largest absolute Gasteiger partial charge is 0.534 e. The van der Waals surface area contributed by atoms with E-state index in [2.05, 4.69) is 4.84 Å². The standard InChI is InChI=1S/C22H37NO10.C20H35NO9.C14H23NO9.3CH4/c24-11-4-14-31-17-19(32-15-5-12-25)16-30-13-2-1-6-18(26)7-3-8-22(29)33-23-20(27)9-10-21(23)28;22-10-5-13-28-16-17(29-14-6-11-23)15-27-12-4-2-1-3-7-20(26)30-21-18(24)8-9-19(21)25;16-5-1-7-21-9-11(22-8-2-6-17)10-23-14(20)24-15-12(18)3-4-13(15)19;;;/h19,24-25H,1-17H2;17,22-23H,1-16H2;11,16-17H,1-10H2;3*1H4. The van der Waals surface area contributed by atoms with Crippen molar-refractivity contribution >= 4 is 59.3 Å². The third-order valence-electron chi connectivity index (χ3n) is 12.0. The zero-order valence-electron chi connectivity index (χ0n) is 50.1. The Morgan fingerprint density at radius 2 is 0.589 bits per heavy atom. The summed E-state index contributed by atoms with van der Waals surface area (Å²) in [7, 11) is 0. The lowest BCUT2D eigenvalue weighted by atomic mass is 10.1. The first-order valence-electron chi connectivity index (χ1n) is 29.9. The van der Waals surface area contributed by atoms with Crippen LogP contribution in [0.4, 0.5) is 4.79 Å². The topological polar surface area (TPSA) is 413 Å². The lowest BCUT2D eigenvalue weighted by Crippen LogP contribution is -2.34. The number of aliphatic hydroxyl groups excluding tert-OH is 6. The molecule has 3 heterocycles. The number of hydrogen-bond acceptors (Lipinski definition) is 28. The van der Waals surface area contributed by atoms with Gasteiger partial charge < -0.3 is 82.9 Å². The Kier molecular flexibility index (Phi) is 59.3. The maximum Gasteiger partial charge on any atom is 0.534 e. The van der Waals surface area contributed by atoms with E-state index in [1.165, 1.54) is 0 Å². The lowest BCUT2D eigenvalue weighted by molar-refractivity contribution is -0.197. The Hall–Kier alpha value is -5.26. The highest BCUT2D eigenvalue weighted by Crippen LogP contribution is 2.17. The summed E-state index contributed by atoms with van der Waals surface area (Å²) in [5.74, 6) is -4.42. The van der Waals surface area contributed by atoms with E-state index < -0.39 is 59.6 Å². The van der Waals surface area contributed by atoms with Crippen LogP contribution in [0, 0.1) is 0 Å². The zero-order chi connectivity index (χ0) is 64.1. The van der Waals surface area contributed by atoms with E-state index in [4.69, 9.17) is 82.9 Å². The number of hydrogen-bond donors (Lipinski definition) is 6. The second-order valence-corrected chi connectivity index (χ2v) is 19.7. The number of ether oxygens (including phenoxy) is 9. The molecule has 6 amide bonds. The second kappa shape index (κ2) is 60.0. The van der Waals surface area contributed by atoms with E-state index in [0.717, 1.165) is 19.3 Å². The molecule has 3 unspecified atom stereocenters. The molecule has 0 aromatic heterocycles. The van der Waals surface area contributed by atoms with Crippen molar-refractivity contribution in [3.05, 3.63) is 0 Å². The van der Waals surface area contributed by atoms with Crippen LogP contribution in [0.1, 0.15) is 170 Å². The maximum atomic E-state index is 11.9. The van der Waals surface area contributed by atoms with Crippen molar-refractivity contribution in [3.8, 4) is 0 Å². The molecule has 0 aromatic carbocycles. The molecule has 6 N–H and O–H groups in total. The van der Waals surface area contributed by atoms with E-state index in [1.807, 2.05) is 0 Å². The van der Waals surface area contributed by atoms with Gasteiger partial charge in [0.05, 0.1) is 33.0 Å². The molecule has 31 heteroatoms. The Bertz CT molecular complexity index is 1890. The molecule has 3 aliphatic heterocycles. The van der Waals surface area contributed by atoms with Crippen LogP contribution in [0.15, 0.2) is 0 Å². The molecule has 3 fully saturated rings. The van der Waals surface area contributed by atoms with Crippen molar-refractivity contribution in [2.75, 3.05) is 132 Å². The Morgan fingerprint density at radius 1 is 0.322 bits per heavy atom. The number of carbonyl (C=O) groups excluding carboxylic acids is 10. The predicted octanol–water partition coefficient (Wildman–Crippen LogP) is 2.69. The van der Waals surface area contributed by atoms with Crippen LogP contribution in [0.3, 0.4) is 0 Å². The summed E-state index contributed by atoms with van der Waals surface area (Å²) in [5, 5.41) is 54.1. The maximum absolute atomic E-state index is 11.9. The molecule has 3 atom stereocenters. The van der Waals surface area contributed by atoms with Gasteiger partial charge >= 0.3 is 18.1 Å². The number of nitrogens with zero attached hydrogens (tertiary/aromatic N) is 3. The van der Waals surface area contributed by atoms with Crippen molar-refractivity contribution < 1.29 is 136 Å². The van der Waals surface area contributed by atoms with Crippen LogP contribution in [0.5, 0.6) is 0 Å². The van der Waals surface area contributed by atoms with Crippen molar-refractivity contribution in [3.63, 3.8) is 0 Å². The van der Waals surface area contributed by atoms with Crippen molar-refractivity contribution in [1.82, 2.24) is 15.2 Å². The molecule has 0 bridgehead atoms. The summed E-state index contributed by atoms with van der Waals surface area (Å²) in [6, 6.07) is 0. The Balaban J connectivity index is -0.00000126. The number of aliphatic hydroxyl groups is 6. The molecular weight excluding hydrogens is 1200 g/mol. The summed E-state index contributed by atoms with van der Waals surface area (Å²) in [5.41, 5.74) is 0. The summed E-state index contributed by atoms with van der Waals surface area (Å²) >= 11 is 0. The SMILES string of the molecule is C.C.C.O=C(CCCCCCOCC(COCCCO)OCCCO)ON1C(=O)CCC1=O.O=C(CCCCOCC(COCCCO)OCCCO)CCCC(=O)ON1C(=O)CCC1=O.O=C(OCC(COCCCO)OCCCO)ON1C(=O)CCC1=O. The first-order chi connectivity index (χ1) is 42.1. The van der Waals surface area contributed by atoms with Crippen LogP contribution in [0.2, 0.25) is 0 Å². The fourth-order valence-electron chi connectivity index (χ4n) is 7.39. The zero-order valence-corrected chi connectivity index (χ0v) is 50.1. The van der Waals surface area contributed by atoms with Gasteiger partial charge in [-0.1, -0.05) is 40.2 Å². The van der Waals surface area contributed by atoms with Gasteiger partial charge in [-0.3, -0.25) is 38.4 Å². The molecule has 0 spiro atoms. The molecule has 0 saturated carbocycles. The van der Waals surface area contributed by atoms with Gasteiger partial charge in [0.25, 0.3) is 35.4 Å².